The minimum Gasteiger partial charge on any atom is -0.323 e. The van der Waals surface area contributed by atoms with Crippen LogP contribution in [0, 0.1) is 6.92 Å². The first-order chi connectivity index (χ1) is 7.97. The predicted octanol–water partition coefficient (Wildman–Crippen LogP) is 3.57. The van der Waals surface area contributed by atoms with Gasteiger partial charge >= 0.3 is 0 Å². The number of rotatable bonds is 5. The summed E-state index contributed by atoms with van der Waals surface area (Å²) in [7, 11) is -1.49. The van der Waals surface area contributed by atoms with Crippen LogP contribution in [0.3, 0.4) is 0 Å². The van der Waals surface area contributed by atoms with Gasteiger partial charge in [0.2, 0.25) is 8.32 Å². The van der Waals surface area contributed by atoms with E-state index in [0.29, 0.717) is 0 Å². The maximum atomic E-state index is 5.44. The fourth-order valence-electron chi connectivity index (χ4n) is 1.05. The van der Waals surface area contributed by atoms with Gasteiger partial charge in [0.25, 0.3) is 0 Å². The molecule has 0 aliphatic heterocycles. The van der Waals surface area contributed by atoms with Crippen LogP contribution in [-0.4, -0.2) is 14.5 Å². The highest BCUT2D eigenvalue weighted by molar-refractivity contribution is 6.69. The lowest BCUT2D eigenvalue weighted by Crippen LogP contribution is -2.30. The summed E-state index contributed by atoms with van der Waals surface area (Å²) in [6.45, 7) is 8.42. The summed E-state index contributed by atoms with van der Waals surface area (Å²) < 4.78 is 5.44. The lowest BCUT2D eigenvalue weighted by Gasteiger charge is -2.14. The molecule has 0 radical (unpaired) electrons. The molecule has 92 valence electrons. The van der Waals surface area contributed by atoms with Gasteiger partial charge in [0.15, 0.2) is 0 Å². The number of hydroxylamine groups is 1. The van der Waals surface area contributed by atoms with E-state index in [1.165, 1.54) is 5.56 Å². The molecule has 17 heavy (non-hydrogen) atoms. The molecule has 0 spiro atoms. The van der Waals surface area contributed by atoms with E-state index in [1.807, 2.05) is 30.3 Å². The van der Waals surface area contributed by atoms with E-state index in [0.717, 1.165) is 5.69 Å². The van der Waals surface area contributed by atoms with Crippen molar-refractivity contribution in [1.29, 1.82) is 0 Å². The Bertz CT molecular complexity index is 391. The molecule has 0 saturated heterocycles. The minimum atomic E-state index is -1.49. The third-order valence-electron chi connectivity index (χ3n) is 1.87. The van der Waals surface area contributed by atoms with Crippen molar-refractivity contribution >= 4 is 20.2 Å². The Hall–Kier alpha value is -1.39. The predicted molar refractivity (Wildman–Crippen MR) is 76.0 cm³/mol. The maximum absolute atomic E-state index is 5.44. The zero-order valence-electron chi connectivity index (χ0n) is 10.9. The Kier molecular flexibility index (Phi) is 5.12. The van der Waals surface area contributed by atoms with Gasteiger partial charge in [-0.1, -0.05) is 17.7 Å². The summed E-state index contributed by atoms with van der Waals surface area (Å²) in [5, 5.41) is 0. The standard InChI is InChI=1S/C13H20N2OSi/c1-12-6-8-13(9-7-12)14-10-5-11-15-16-17(2,3)4/h5-11,15H,1-4H3/b11-5+,14-10?. The Morgan fingerprint density at radius 1 is 1.18 bits per heavy atom. The third-order valence-corrected chi connectivity index (χ3v) is 2.60. The number of aliphatic imine (C=N–C) groups is 1. The third kappa shape index (κ3) is 6.71. The molecule has 0 aliphatic carbocycles. The zero-order chi connectivity index (χ0) is 12.7. The molecule has 0 saturated carbocycles. The molecule has 0 amide bonds. The van der Waals surface area contributed by atoms with E-state index in [9.17, 15) is 0 Å². The van der Waals surface area contributed by atoms with Gasteiger partial charge < -0.3 is 4.53 Å². The fourth-order valence-corrected chi connectivity index (χ4v) is 1.47. The molecule has 0 atom stereocenters. The molecular weight excluding hydrogens is 228 g/mol. The number of allylic oxidation sites excluding steroid dienone is 1. The quantitative estimate of drug-likeness (QED) is 0.491. The summed E-state index contributed by atoms with van der Waals surface area (Å²) in [5.41, 5.74) is 5.00. The minimum absolute atomic E-state index is 0.950. The number of hydrogen-bond donors (Lipinski definition) is 1. The van der Waals surface area contributed by atoms with Crippen molar-refractivity contribution in [2.45, 2.75) is 26.6 Å². The molecule has 1 aromatic carbocycles. The molecule has 0 heterocycles. The molecule has 3 nitrogen and oxygen atoms in total. The lowest BCUT2D eigenvalue weighted by molar-refractivity contribution is 0.235. The van der Waals surface area contributed by atoms with Crippen molar-refractivity contribution in [2.75, 3.05) is 0 Å². The van der Waals surface area contributed by atoms with Crippen LogP contribution in [0.5, 0.6) is 0 Å². The first-order valence-electron chi connectivity index (χ1n) is 5.67. The second kappa shape index (κ2) is 6.37. The average molecular weight is 248 g/mol. The summed E-state index contributed by atoms with van der Waals surface area (Å²) in [6, 6.07) is 8.07. The summed E-state index contributed by atoms with van der Waals surface area (Å²) in [4.78, 5) is 4.29. The number of nitrogens with one attached hydrogen (secondary N) is 1. The number of hydrogen-bond acceptors (Lipinski definition) is 3. The van der Waals surface area contributed by atoms with Gasteiger partial charge in [-0.15, -0.1) is 0 Å². The van der Waals surface area contributed by atoms with E-state index >= 15 is 0 Å². The van der Waals surface area contributed by atoms with E-state index in [2.05, 4.69) is 37.0 Å². The topological polar surface area (TPSA) is 33.6 Å². The zero-order valence-corrected chi connectivity index (χ0v) is 11.9. The van der Waals surface area contributed by atoms with Gasteiger partial charge in [0.05, 0.1) is 5.69 Å². The molecule has 1 N–H and O–H groups in total. The molecule has 4 heteroatoms. The maximum Gasteiger partial charge on any atom is 0.220 e. The summed E-state index contributed by atoms with van der Waals surface area (Å²) in [6.07, 6.45) is 5.31. The van der Waals surface area contributed by atoms with Gasteiger partial charge in [-0.25, -0.2) is 0 Å². The summed E-state index contributed by atoms with van der Waals surface area (Å²) >= 11 is 0. The fraction of sp³-hybridized carbons (Fsp3) is 0.308. The van der Waals surface area contributed by atoms with E-state index in [4.69, 9.17) is 4.53 Å². The SMILES string of the molecule is Cc1ccc(N=C/C=C/NO[Si](C)(C)C)cc1. The highest BCUT2D eigenvalue weighted by Gasteiger charge is 2.13. The Balaban J connectivity index is 2.35. The Morgan fingerprint density at radius 3 is 2.41 bits per heavy atom. The van der Waals surface area contributed by atoms with Crippen LogP contribution >= 0.6 is 0 Å². The second-order valence-electron chi connectivity index (χ2n) is 4.81. The highest BCUT2D eigenvalue weighted by Crippen LogP contribution is 2.11. The van der Waals surface area contributed by atoms with Crippen LogP contribution < -0.4 is 5.48 Å². The molecule has 0 bridgehead atoms. The molecule has 0 fully saturated rings. The van der Waals surface area contributed by atoms with Gasteiger partial charge in [-0.2, -0.15) is 0 Å². The highest BCUT2D eigenvalue weighted by atomic mass is 28.4. The van der Waals surface area contributed by atoms with Gasteiger partial charge in [0, 0.05) is 12.4 Å². The smallest absolute Gasteiger partial charge is 0.220 e. The molecule has 1 aromatic rings. The van der Waals surface area contributed by atoms with Gasteiger partial charge in [-0.05, 0) is 44.8 Å². The lowest BCUT2D eigenvalue weighted by atomic mass is 10.2. The van der Waals surface area contributed by atoms with Crippen LogP contribution in [0.15, 0.2) is 41.5 Å². The molecule has 1 rings (SSSR count). The van der Waals surface area contributed by atoms with Crippen molar-refractivity contribution in [3.63, 3.8) is 0 Å². The molecule has 0 aromatic heterocycles. The van der Waals surface area contributed by atoms with Crippen LogP contribution in [0.25, 0.3) is 0 Å². The molecule has 0 unspecified atom stereocenters. The van der Waals surface area contributed by atoms with E-state index in [-0.39, 0.29) is 0 Å². The van der Waals surface area contributed by atoms with Crippen LogP contribution in [0.1, 0.15) is 5.56 Å². The normalized spacial score (nSPS) is 12.5. The van der Waals surface area contributed by atoms with Crippen LogP contribution in [-0.2, 0) is 4.53 Å². The van der Waals surface area contributed by atoms with Crippen molar-refractivity contribution in [3.8, 4) is 0 Å². The van der Waals surface area contributed by atoms with Gasteiger partial charge in [0.1, 0.15) is 0 Å². The molecular formula is C13H20N2OSi. The van der Waals surface area contributed by atoms with Crippen molar-refractivity contribution < 1.29 is 4.53 Å². The number of nitrogens with zero attached hydrogens (tertiary/aromatic N) is 1. The summed E-state index contributed by atoms with van der Waals surface area (Å²) in [5.74, 6) is 0. The first-order valence-corrected chi connectivity index (χ1v) is 9.08. The largest absolute Gasteiger partial charge is 0.323 e. The van der Waals surface area contributed by atoms with E-state index < -0.39 is 8.32 Å². The number of benzene rings is 1. The van der Waals surface area contributed by atoms with Crippen molar-refractivity contribution in [1.82, 2.24) is 5.48 Å². The Labute approximate surface area is 104 Å². The number of aryl methyl sites for hydroxylation is 1. The van der Waals surface area contributed by atoms with Crippen molar-refractivity contribution in [3.05, 3.63) is 42.1 Å². The average Bonchev–Trinajstić information content (AvgIpc) is 2.24. The molecule has 0 aliphatic rings. The second-order valence-corrected chi connectivity index (χ2v) is 9.23. The van der Waals surface area contributed by atoms with Gasteiger partial charge in [-0.3, -0.25) is 10.5 Å². The van der Waals surface area contributed by atoms with E-state index in [1.54, 1.807) is 12.4 Å². The van der Waals surface area contributed by atoms with Crippen molar-refractivity contribution in [2.24, 2.45) is 4.99 Å². The Morgan fingerprint density at radius 2 is 1.82 bits per heavy atom. The first kappa shape index (κ1) is 13.7. The monoisotopic (exact) mass is 248 g/mol. The van der Waals surface area contributed by atoms with Crippen LogP contribution in [0.2, 0.25) is 19.6 Å². The van der Waals surface area contributed by atoms with Crippen LogP contribution in [0.4, 0.5) is 5.69 Å².